The van der Waals surface area contributed by atoms with Crippen LogP contribution in [0.1, 0.15) is 25.3 Å². The van der Waals surface area contributed by atoms with E-state index in [-0.39, 0.29) is 30.6 Å². The Morgan fingerprint density at radius 2 is 1.78 bits per heavy atom. The van der Waals surface area contributed by atoms with Crippen LogP contribution in [0.15, 0.2) is 54.6 Å². The molecule has 0 bridgehead atoms. The monoisotopic (exact) mass is 372 g/mol. The second-order valence-electron chi connectivity index (χ2n) is 6.20. The molecule has 0 saturated carbocycles. The molecule has 0 aliphatic rings. The second kappa shape index (κ2) is 10.3. The largest absolute Gasteiger partial charge is 0.494 e. The summed E-state index contributed by atoms with van der Waals surface area (Å²) in [6.45, 7) is 2.34. The first kappa shape index (κ1) is 20.4. The van der Waals surface area contributed by atoms with E-state index in [1.807, 2.05) is 30.3 Å². The standard InChI is InChI=1S/C21H25FN2O3/c1-16(21(26)23-2)24(15-17-10-12-18(22)13-11-17)20(25)9-6-14-27-19-7-4-3-5-8-19/h3-5,7-8,10-13,16H,6,9,14-15H2,1-2H3,(H,23,26)/t16-/m0/s1. The van der Waals surface area contributed by atoms with Crippen LogP contribution in [0.3, 0.4) is 0 Å². The predicted molar refractivity (Wildman–Crippen MR) is 102 cm³/mol. The minimum absolute atomic E-state index is 0.146. The van der Waals surface area contributed by atoms with E-state index in [2.05, 4.69) is 5.32 Å². The number of rotatable bonds is 9. The van der Waals surface area contributed by atoms with Crippen molar-refractivity contribution < 1.29 is 18.7 Å². The molecule has 2 aromatic carbocycles. The van der Waals surface area contributed by atoms with Crippen LogP contribution in [0.2, 0.25) is 0 Å². The third kappa shape index (κ3) is 6.40. The van der Waals surface area contributed by atoms with Crippen LogP contribution < -0.4 is 10.1 Å². The Kier molecular flexibility index (Phi) is 7.79. The van der Waals surface area contributed by atoms with Gasteiger partial charge >= 0.3 is 0 Å². The van der Waals surface area contributed by atoms with E-state index in [0.717, 1.165) is 11.3 Å². The highest BCUT2D eigenvalue weighted by atomic mass is 19.1. The fourth-order valence-corrected chi connectivity index (χ4v) is 2.65. The van der Waals surface area contributed by atoms with E-state index in [9.17, 15) is 14.0 Å². The van der Waals surface area contributed by atoms with E-state index >= 15 is 0 Å². The van der Waals surface area contributed by atoms with Gasteiger partial charge in [-0.2, -0.15) is 0 Å². The van der Waals surface area contributed by atoms with Gasteiger partial charge in [0.15, 0.2) is 0 Å². The lowest BCUT2D eigenvalue weighted by molar-refractivity contribution is -0.140. The molecule has 2 rings (SSSR count). The van der Waals surface area contributed by atoms with Gasteiger partial charge in [-0.15, -0.1) is 0 Å². The maximum atomic E-state index is 13.1. The molecule has 27 heavy (non-hydrogen) atoms. The van der Waals surface area contributed by atoms with Crippen LogP contribution in [0.5, 0.6) is 5.75 Å². The van der Waals surface area contributed by atoms with Crippen molar-refractivity contribution in [2.45, 2.75) is 32.4 Å². The summed E-state index contributed by atoms with van der Waals surface area (Å²) in [5.74, 6) is 0.0268. The summed E-state index contributed by atoms with van der Waals surface area (Å²) in [6, 6.07) is 14.7. The Labute approximate surface area is 159 Å². The van der Waals surface area contributed by atoms with Crippen LogP contribution in [-0.4, -0.2) is 36.4 Å². The molecule has 2 amide bonds. The summed E-state index contributed by atoms with van der Waals surface area (Å²) in [7, 11) is 1.53. The maximum Gasteiger partial charge on any atom is 0.242 e. The molecule has 0 radical (unpaired) electrons. The lowest BCUT2D eigenvalue weighted by Crippen LogP contribution is -2.46. The molecule has 144 valence electrons. The highest BCUT2D eigenvalue weighted by molar-refractivity contribution is 5.87. The fourth-order valence-electron chi connectivity index (χ4n) is 2.65. The number of nitrogens with zero attached hydrogens (tertiary/aromatic N) is 1. The number of hydrogen-bond donors (Lipinski definition) is 1. The van der Waals surface area contributed by atoms with Crippen molar-refractivity contribution in [2.75, 3.05) is 13.7 Å². The van der Waals surface area contributed by atoms with Crippen molar-refractivity contribution in [1.82, 2.24) is 10.2 Å². The normalized spacial score (nSPS) is 11.5. The molecular formula is C21H25FN2O3. The SMILES string of the molecule is CNC(=O)[C@H](C)N(Cc1ccc(F)cc1)C(=O)CCCOc1ccccc1. The minimum atomic E-state index is -0.623. The zero-order valence-electron chi connectivity index (χ0n) is 15.7. The number of para-hydroxylation sites is 1. The zero-order chi connectivity index (χ0) is 19.6. The van der Waals surface area contributed by atoms with Gasteiger partial charge in [-0.25, -0.2) is 4.39 Å². The molecule has 0 saturated heterocycles. The first-order chi connectivity index (χ1) is 13.0. The lowest BCUT2D eigenvalue weighted by atomic mass is 10.1. The van der Waals surface area contributed by atoms with Gasteiger partial charge < -0.3 is 15.0 Å². The molecule has 0 spiro atoms. The van der Waals surface area contributed by atoms with Crippen LogP contribution in [0.25, 0.3) is 0 Å². The molecule has 0 heterocycles. The number of amides is 2. The number of carbonyl (C=O) groups is 2. The van der Waals surface area contributed by atoms with Gasteiger partial charge in [-0.1, -0.05) is 30.3 Å². The number of likely N-dealkylation sites (N-methyl/N-ethyl adjacent to an activating group) is 1. The minimum Gasteiger partial charge on any atom is -0.494 e. The van der Waals surface area contributed by atoms with E-state index in [0.29, 0.717) is 13.0 Å². The number of ether oxygens (including phenoxy) is 1. The molecular weight excluding hydrogens is 347 g/mol. The summed E-state index contributed by atoms with van der Waals surface area (Å²) in [6.07, 6.45) is 0.795. The topological polar surface area (TPSA) is 58.6 Å². The van der Waals surface area contributed by atoms with Gasteiger partial charge in [0.25, 0.3) is 0 Å². The number of benzene rings is 2. The average Bonchev–Trinajstić information content (AvgIpc) is 2.70. The Balaban J connectivity index is 1.95. The van der Waals surface area contributed by atoms with Crippen molar-refractivity contribution in [3.05, 3.63) is 66.0 Å². The van der Waals surface area contributed by atoms with Gasteiger partial charge in [-0.3, -0.25) is 9.59 Å². The van der Waals surface area contributed by atoms with Crippen molar-refractivity contribution in [3.63, 3.8) is 0 Å². The van der Waals surface area contributed by atoms with Gasteiger partial charge in [0.05, 0.1) is 6.61 Å². The molecule has 1 N–H and O–H groups in total. The number of nitrogens with one attached hydrogen (secondary N) is 1. The molecule has 0 aliphatic carbocycles. The maximum absolute atomic E-state index is 13.1. The Morgan fingerprint density at radius 1 is 1.11 bits per heavy atom. The van der Waals surface area contributed by atoms with Gasteiger partial charge in [0, 0.05) is 20.0 Å². The molecule has 2 aromatic rings. The summed E-state index contributed by atoms with van der Waals surface area (Å²) in [5, 5.41) is 2.57. The Morgan fingerprint density at radius 3 is 2.41 bits per heavy atom. The summed E-state index contributed by atoms with van der Waals surface area (Å²) >= 11 is 0. The highest BCUT2D eigenvalue weighted by Crippen LogP contribution is 2.14. The molecule has 0 aliphatic heterocycles. The van der Waals surface area contributed by atoms with E-state index < -0.39 is 6.04 Å². The highest BCUT2D eigenvalue weighted by Gasteiger charge is 2.25. The second-order valence-corrected chi connectivity index (χ2v) is 6.20. The van der Waals surface area contributed by atoms with Gasteiger partial charge in [0.1, 0.15) is 17.6 Å². The van der Waals surface area contributed by atoms with Crippen molar-refractivity contribution in [1.29, 1.82) is 0 Å². The fraction of sp³-hybridized carbons (Fsp3) is 0.333. The Bertz CT molecular complexity index is 735. The molecule has 1 atom stereocenters. The van der Waals surface area contributed by atoms with E-state index in [1.165, 1.54) is 24.1 Å². The molecule has 0 aromatic heterocycles. The van der Waals surface area contributed by atoms with E-state index in [4.69, 9.17) is 4.74 Å². The third-order valence-corrected chi connectivity index (χ3v) is 4.23. The van der Waals surface area contributed by atoms with Crippen LogP contribution in [0, 0.1) is 5.82 Å². The zero-order valence-corrected chi connectivity index (χ0v) is 15.7. The lowest BCUT2D eigenvalue weighted by Gasteiger charge is -2.28. The first-order valence-corrected chi connectivity index (χ1v) is 8.94. The summed E-state index contributed by atoms with van der Waals surface area (Å²) < 4.78 is 18.7. The molecule has 0 unspecified atom stereocenters. The number of hydrogen-bond acceptors (Lipinski definition) is 3. The van der Waals surface area contributed by atoms with Crippen LogP contribution >= 0.6 is 0 Å². The smallest absolute Gasteiger partial charge is 0.242 e. The van der Waals surface area contributed by atoms with Crippen LogP contribution in [0.4, 0.5) is 4.39 Å². The number of halogens is 1. The van der Waals surface area contributed by atoms with Crippen molar-refractivity contribution >= 4 is 11.8 Å². The van der Waals surface area contributed by atoms with Gasteiger partial charge in [0.2, 0.25) is 11.8 Å². The molecule has 6 heteroatoms. The molecule has 5 nitrogen and oxygen atoms in total. The van der Waals surface area contributed by atoms with Crippen molar-refractivity contribution in [2.24, 2.45) is 0 Å². The average molecular weight is 372 g/mol. The summed E-state index contributed by atoms with van der Waals surface area (Å²) in [5.41, 5.74) is 0.765. The third-order valence-electron chi connectivity index (χ3n) is 4.23. The van der Waals surface area contributed by atoms with E-state index in [1.54, 1.807) is 19.1 Å². The quantitative estimate of drug-likeness (QED) is 0.688. The number of carbonyl (C=O) groups excluding carboxylic acids is 2. The first-order valence-electron chi connectivity index (χ1n) is 8.94. The Hall–Kier alpha value is -2.89. The molecule has 0 fully saturated rings. The van der Waals surface area contributed by atoms with Gasteiger partial charge in [-0.05, 0) is 43.2 Å². The van der Waals surface area contributed by atoms with Crippen LogP contribution in [-0.2, 0) is 16.1 Å². The van der Waals surface area contributed by atoms with Crippen molar-refractivity contribution in [3.8, 4) is 5.75 Å². The summed E-state index contributed by atoms with van der Waals surface area (Å²) in [4.78, 5) is 26.2. The predicted octanol–water partition coefficient (Wildman–Crippen LogP) is 3.15.